The smallest absolute Gasteiger partial charge is 0.120 e. The molecule has 0 radical (unpaired) electrons. The van der Waals surface area contributed by atoms with Crippen LogP contribution in [-0.2, 0) is 0 Å². The highest BCUT2D eigenvalue weighted by Crippen LogP contribution is 2.50. The Labute approximate surface area is 113 Å². The molecule has 1 aliphatic carbocycles. The molecule has 4 heteroatoms. The molecule has 3 nitrogen and oxygen atoms in total. The summed E-state index contributed by atoms with van der Waals surface area (Å²) in [6.07, 6.45) is 4.69. The molecule has 18 heavy (non-hydrogen) atoms. The van der Waals surface area contributed by atoms with Gasteiger partial charge in [0, 0.05) is 23.0 Å². The maximum Gasteiger partial charge on any atom is 0.120 e. The van der Waals surface area contributed by atoms with Gasteiger partial charge in [-0.05, 0) is 37.7 Å². The average molecular weight is 266 g/mol. The Morgan fingerprint density at radius 2 is 2.22 bits per heavy atom. The zero-order chi connectivity index (χ0) is 13.2. The van der Waals surface area contributed by atoms with Gasteiger partial charge in [0.05, 0.1) is 13.2 Å². The molecular formula is C14H22N2OS. The second kappa shape index (κ2) is 5.41. The Morgan fingerprint density at radius 1 is 1.50 bits per heavy atom. The minimum Gasteiger partial charge on any atom is -0.497 e. The second-order valence-electron chi connectivity index (χ2n) is 4.88. The fourth-order valence-corrected chi connectivity index (χ4v) is 3.24. The van der Waals surface area contributed by atoms with Crippen molar-refractivity contribution in [2.45, 2.75) is 30.6 Å². The summed E-state index contributed by atoms with van der Waals surface area (Å²) in [5.41, 5.74) is 8.29. The largest absolute Gasteiger partial charge is 0.497 e. The molecule has 0 bridgehead atoms. The van der Waals surface area contributed by atoms with Crippen molar-refractivity contribution in [1.82, 2.24) is 0 Å². The van der Waals surface area contributed by atoms with E-state index >= 15 is 0 Å². The Balaban J connectivity index is 2.16. The summed E-state index contributed by atoms with van der Waals surface area (Å²) in [4.78, 5) is 0. The van der Waals surface area contributed by atoms with Gasteiger partial charge >= 0.3 is 0 Å². The van der Waals surface area contributed by atoms with Crippen LogP contribution < -0.4 is 15.8 Å². The number of rotatable bonds is 6. The van der Waals surface area contributed by atoms with Crippen LogP contribution in [0.25, 0.3) is 0 Å². The van der Waals surface area contributed by atoms with Crippen LogP contribution >= 0.6 is 11.8 Å². The predicted octanol–water partition coefficient (Wildman–Crippen LogP) is 2.64. The quantitative estimate of drug-likeness (QED) is 0.831. The molecular weight excluding hydrogens is 244 g/mol. The summed E-state index contributed by atoms with van der Waals surface area (Å²) in [6.45, 7) is 2.77. The first-order chi connectivity index (χ1) is 8.65. The monoisotopic (exact) mass is 266 g/mol. The molecule has 100 valence electrons. The Bertz CT molecular complexity index is 418. The zero-order valence-corrected chi connectivity index (χ0v) is 12.1. The van der Waals surface area contributed by atoms with E-state index in [-0.39, 0.29) is 0 Å². The van der Waals surface area contributed by atoms with Crippen LogP contribution in [0.15, 0.2) is 18.2 Å². The Kier molecular flexibility index (Phi) is 4.07. The summed E-state index contributed by atoms with van der Waals surface area (Å²) in [5, 5.41) is 3.60. The lowest BCUT2D eigenvalue weighted by Crippen LogP contribution is -2.40. The highest BCUT2D eigenvalue weighted by molar-refractivity contribution is 8.00. The number of methoxy groups -OCH3 is 1. The van der Waals surface area contributed by atoms with Crippen molar-refractivity contribution in [3.8, 4) is 5.75 Å². The topological polar surface area (TPSA) is 47.3 Å². The summed E-state index contributed by atoms with van der Waals surface area (Å²) in [5.74, 6) is 0.882. The van der Waals surface area contributed by atoms with E-state index in [4.69, 9.17) is 10.5 Å². The van der Waals surface area contributed by atoms with Crippen molar-refractivity contribution in [2.75, 3.05) is 25.2 Å². The lowest BCUT2D eigenvalue weighted by atomic mass is 10.1. The zero-order valence-electron chi connectivity index (χ0n) is 11.3. The van der Waals surface area contributed by atoms with E-state index in [1.54, 1.807) is 7.11 Å². The van der Waals surface area contributed by atoms with Crippen molar-refractivity contribution in [3.63, 3.8) is 0 Å². The number of ether oxygens (including phenoxy) is 1. The fraction of sp³-hybridized carbons (Fsp3) is 0.571. The third-order valence-corrected chi connectivity index (χ3v) is 5.30. The standard InChI is InChI=1S/C14H22N2OS/c1-10-4-5-11(17-2)8-12(10)16-13(9-15)14(18-3)6-7-14/h4-5,8,13,16H,6-7,9,15H2,1-3H3. The van der Waals surface area contributed by atoms with Gasteiger partial charge in [-0.3, -0.25) is 0 Å². The van der Waals surface area contributed by atoms with Crippen molar-refractivity contribution >= 4 is 17.4 Å². The van der Waals surface area contributed by atoms with Gasteiger partial charge in [-0.2, -0.15) is 11.8 Å². The molecule has 3 N–H and O–H groups in total. The lowest BCUT2D eigenvalue weighted by Gasteiger charge is -2.27. The van der Waals surface area contributed by atoms with Gasteiger partial charge in [0.25, 0.3) is 0 Å². The molecule has 0 spiro atoms. The molecule has 1 aliphatic rings. The van der Waals surface area contributed by atoms with Gasteiger partial charge in [0.1, 0.15) is 5.75 Å². The van der Waals surface area contributed by atoms with Gasteiger partial charge < -0.3 is 15.8 Å². The SMILES string of the molecule is COc1ccc(C)c(NC(CN)C2(SC)CC2)c1. The van der Waals surface area contributed by atoms with Crippen LogP contribution in [0.1, 0.15) is 18.4 Å². The van der Waals surface area contributed by atoms with Gasteiger partial charge in [0.15, 0.2) is 0 Å². The molecule has 1 fully saturated rings. The number of benzene rings is 1. The molecule has 0 saturated heterocycles. The molecule has 0 heterocycles. The molecule has 1 aromatic carbocycles. The number of aryl methyl sites for hydroxylation is 1. The summed E-state index contributed by atoms with van der Waals surface area (Å²) in [6, 6.07) is 6.44. The van der Waals surface area contributed by atoms with E-state index < -0.39 is 0 Å². The highest BCUT2D eigenvalue weighted by atomic mass is 32.2. The summed E-state index contributed by atoms with van der Waals surface area (Å²) >= 11 is 1.93. The molecule has 0 amide bonds. The third-order valence-electron chi connectivity index (χ3n) is 3.79. The van der Waals surface area contributed by atoms with Crippen LogP contribution in [0.5, 0.6) is 5.75 Å². The van der Waals surface area contributed by atoms with Gasteiger partial charge in [-0.15, -0.1) is 0 Å². The fourth-order valence-electron chi connectivity index (χ4n) is 2.29. The van der Waals surface area contributed by atoms with Gasteiger partial charge in [-0.25, -0.2) is 0 Å². The minimum absolute atomic E-state index is 0.332. The molecule has 1 saturated carbocycles. The molecule has 1 atom stereocenters. The van der Waals surface area contributed by atoms with Crippen LogP contribution in [0.4, 0.5) is 5.69 Å². The molecule has 2 rings (SSSR count). The van der Waals surface area contributed by atoms with Crippen molar-refractivity contribution < 1.29 is 4.74 Å². The molecule has 0 aliphatic heterocycles. The van der Waals surface area contributed by atoms with E-state index in [2.05, 4.69) is 30.6 Å². The number of hydrogen-bond acceptors (Lipinski definition) is 4. The number of hydrogen-bond donors (Lipinski definition) is 2. The van der Waals surface area contributed by atoms with Crippen LogP contribution in [0.3, 0.4) is 0 Å². The third kappa shape index (κ3) is 2.59. The van der Waals surface area contributed by atoms with Gasteiger partial charge in [0.2, 0.25) is 0 Å². The number of thioether (sulfide) groups is 1. The van der Waals surface area contributed by atoms with Crippen LogP contribution in [-0.4, -0.2) is 30.7 Å². The van der Waals surface area contributed by atoms with E-state index in [1.165, 1.54) is 18.4 Å². The second-order valence-corrected chi connectivity index (χ2v) is 6.10. The summed E-state index contributed by atoms with van der Waals surface area (Å²) < 4.78 is 5.61. The Morgan fingerprint density at radius 3 is 2.72 bits per heavy atom. The molecule has 1 aromatic rings. The van der Waals surface area contributed by atoms with Crippen molar-refractivity contribution in [1.29, 1.82) is 0 Å². The van der Waals surface area contributed by atoms with Crippen LogP contribution in [0.2, 0.25) is 0 Å². The first-order valence-corrected chi connectivity index (χ1v) is 7.54. The average Bonchev–Trinajstić information content (AvgIpc) is 3.18. The van der Waals surface area contributed by atoms with Crippen molar-refractivity contribution in [2.24, 2.45) is 5.73 Å². The predicted molar refractivity (Wildman–Crippen MR) is 79.7 cm³/mol. The molecule has 0 aromatic heterocycles. The van der Waals surface area contributed by atoms with Crippen molar-refractivity contribution in [3.05, 3.63) is 23.8 Å². The number of nitrogens with two attached hydrogens (primary N) is 1. The lowest BCUT2D eigenvalue weighted by molar-refractivity contribution is 0.415. The van der Waals surface area contributed by atoms with E-state index in [0.717, 1.165) is 11.4 Å². The number of anilines is 1. The van der Waals surface area contributed by atoms with E-state index in [9.17, 15) is 0 Å². The van der Waals surface area contributed by atoms with Crippen LogP contribution in [0, 0.1) is 6.92 Å². The first kappa shape index (κ1) is 13.6. The Hall–Kier alpha value is -0.870. The summed E-state index contributed by atoms with van der Waals surface area (Å²) in [7, 11) is 1.69. The number of nitrogens with one attached hydrogen (secondary N) is 1. The normalized spacial score (nSPS) is 18.2. The first-order valence-electron chi connectivity index (χ1n) is 6.31. The van der Waals surface area contributed by atoms with Gasteiger partial charge in [-0.1, -0.05) is 6.07 Å². The minimum atomic E-state index is 0.332. The highest BCUT2D eigenvalue weighted by Gasteiger charge is 2.48. The van der Waals surface area contributed by atoms with E-state index in [0.29, 0.717) is 17.3 Å². The molecule has 1 unspecified atom stereocenters. The van der Waals surface area contributed by atoms with E-state index in [1.807, 2.05) is 17.8 Å². The maximum atomic E-state index is 5.94. The maximum absolute atomic E-state index is 5.94.